The molecule has 2 aromatic carbocycles. The smallest absolute Gasteiger partial charge is 0.254 e. The Morgan fingerprint density at radius 1 is 0.793 bits per heavy atom. The average Bonchev–Trinajstić information content (AvgIpc) is 3.37. The summed E-state index contributed by atoms with van der Waals surface area (Å²) in [6.45, 7) is 3.76. The molecule has 0 spiro atoms. The molecule has 5 rings (SSSR count). The maximum absolute atomic E-state index is 12.9. The molecule has 1 aliphatic carbocycles. The molecule has 3 aliphatic rings. The zero-order valence-electron chi connectivity index (χ0n) is 16.4. The van der Waals surface area contributed by atoms with Gasteiger partial charge in [0, 0.05) is 50.5 Å². The number of carbonyl (C=O) groups is 2. The molecule has 2 aliphatic heterocycles. The highest BCUT2D eigenvalue weighted by Crippen LogP contribution is 2.37. The van der Waals surface area contributed by atoms with Crippen LogP contribution in [0.15, 0.2) is 48.5 Å². The van der Waals surface area contributed by atoms with Crippen LogP contribution in [0.5, 0.6) is 0 Å². The van der Waals surface area contributed by atoms with Gasteiger partial charge in [-0.2, -0.15) is 0 Å². The molecule has 2 fully saturated rings. The highest BCUT2D eigenvalue weighted by molar-refractivity contribution is 5.95. The molecule has 1 saturated carbocycles. The number of fused-ring (bicyclic) bond motifs is 1. The molecule has 0 atom stereocenters. The van der Waals surface area contributed by atoms with Crippen molar-refractivity contribution in [1.29, 1.82) is 0 Å². The second kappa shape index (κ2) is 6.88. The van der Waals surface area contributed by atoms with Crippen molar-refractivity contribution in [3.63, 3.8) is 0 Å². The average molecular weight is 391 g/mol. The fourth-order valence-corrected chi connectivity index (χ4v) is 4.25. The van der Waals surface area contributed by atoms with Gasteiger partial charge in [0.05, 0.1) is 0 Å². The Morgan fingerprint density at radius 2 is 1.34 bits per heavy atom. The maximum Gasteiger partial charge on any atom is 0.254 e. The van der Waals surface area contributed by atoms with Gasteiger partial charge >= 0.3 is 0 Å². The molecule has 0 radical (unpaired) electrons. The Balaban J connectivity index is 1.20. The Hall–Kier alpha value is -2.86. The summed E-state index contributed by atoms with van der Waals surface area (Å²) in [4.78, 5) is 30.9. The summed E-state index contributed by atoms with van der Waals surface area (Å²) in [5, 5.41) is 10.0. The molecule has 29 heavy (non-hydrogen) atoms. The first-order valence-electron chi connectivity index (χ1n) is 10.3. The van der Waals surface area contributed by atoms with Crippen LogP contribution in [0.2, 0.25) is 0 Å². The largest absolute Gasteiger partial charge is 0.380 e. The van der Waals surface area contributed by atoms with E-state index in [1.807, 2.05) is 24.3 Å². The highest BCUT2D eigenvalue weighted by atomic mass is 16.3. The lowest BCUT2D eigenvalue weighted by Gasteiger charge is -2.35. The first-order chi connectivity index (χ1) is 14.0. The quantitative estimate of drug-likeness (QED) is 0.870. The number of piperazine rings is 1. The fourth-order valence-electron chi connectivity index (χ4n) is 4.25. The molecular formula is C23H25N3O3. The predicted octanol–water partition coefficient (Wildman–Crippen LogP) is 2.02. The normalized spacial score (nSPS) is 19.8. The molecule has 2 amide bonds. The van der Waals surface area contributed by atoms with Gasteiger partial charge in [-0.1, -0.05) is 24.3 Å². The molecule has 2 heterocycles. The lowest BCUT2D eigenvalue weighted by Crippen LogP contribution is -2.53. The molecule has 6 heteroatoms. The van der Waals surface area contributed by atoms with Gasteiger partial charge in [0.2, 0.25) is 0 Å². The third-order valence-electron chi connectivity index (χ3n) is 6.30. The van der Waals surface area contributed by atoms with Crippen LogP contribution >= 0.6 is 0 Å². The second-order valence-electron chi connectivity index (χ2n) is 8.29. The summed E-state index contributed by atoms with van der Waals surface area (Å²) < 4.78 is 0. The van der Waals surface area contributed by atoms with Crippen molar-refractivity contribution >= 4 is 17.5 Å². The zero-order chi connectivity index (χ0) is 20.0. The van der Waals surface area contributed by atoms with Crippen molar-refractivity contribution in [3.05, 3.63) is 65.2 Å². The lowest BCUT2D eigenvalue weighted by atomic mass is 10.1. The Bertz CT molecular complexity index is 919. The van der Waals surface area contributed by atoms with Crippen molar-refractivity contribution in [2.45, 2.75) is 31.5 Å². The van der Waals surface area contributed by atoms with Gasteiger partial charge in [-0.05, 0) is 48.2 Å². The minimum absolute atomic E-state index is 0.00140. The summed E-state index contributed by atoms with van der Waals surface area (Å²) in [6.07, 6.45) is 1.11. The van der Waals surface area contributed by atoms with Gasteiger partial charge in [0.15, 0.2) is 0 Å². The molecular weight excluding hydrogens is 366 g/mol. The van der Waals surface area contributed by atoms with Crippen molar-refractivity contribution in [2.75, 3.05) is 31.1 Å². The number of aliphatic hydroxyl groups is 1. The molecule has 1 N–H and O–H groups in total. The van der Waals surface area contributed by atoms with Gasteiger partial charge in [-0.25, -0.2) is 0 Å². The van der Waals surface area contributed by atoms with Crippen LogP contribution in [0, 0.1) is 0 Å². The molecule has 0 aromatic heterocycles. The van der Waals surface area contributed by atoms with E-state index in [1.165, 1.54) is 11.1 Å². The highest BCUT2D eigenvalue weighted by Gasteiger charge is 2.50. The van der Waals surface area contributed by atoms with Crippen molar-refractivity contribution < 1.29 is 14.7 Å². The van der Waals surface area contributed by atoms with Crippen LogP contribution in [-0.4, -0.2) is 58.5 Å². The number of carbonyl (C=O) groups excluding carboxylic acids is 2. The van der Waals surface area contributed by atoms with Gasteiger partial charge in [-0.15, -0.1) is 0 Å². The van der Waals surface area contributed by atoms with Gasteiger partial charge in [0.25, 0.3) is 11.8 Å². The molecule has 0 unspecified atom stereocenters. The zero-order valence-corrected chi connectivity index (χ0v) is 16.4. The van der Waals surface area contributed by atoms with Gasteiger partial charge < -0.3 is 19.8 Å². The van der Waals surface area contributed by atoms with Crippen LogP contribution in [-0.2, 0) is 17.9 Å². The lowest BCUT2D eigenvalue weighted by molar-refractivity contribution is -0.143. The van der Waals surface area contributed by atoms with E-state index in [0.717, 1.165) is 18.8 Å². The van der Waals surface area contributed by atoms with Crippen molar-refractivity contribution in [2.24, 2.45) is 0 Å². The molecule has 150 valence electrons. The van der Waals surface area contributed by atoms with Gasteiger partial charge in [0.1, 0.15) is 5.60 Å². The van der Waals surface area contributed by atoms with E-state index in [-0.39, 0.29) is 11.8 Å². The Morgan fingerprint density at radius 3 is 1.90 bits per heavy atom. The van der Waals surface area contributed by atoms with E-state index in [4.69, 9.17) is 0 Å². The Kier molecular flexibility index (Phi) is 4.32. The molecule has 1 saturated heterocycles. The molecule has 6 nitrogen and oxygen atoms in total. The van der Waals surface area contributed by atoms with E-state index >= 15 is 0 Å². The first kappa shape index (κ1) is 18.2. The van der Waals surface area contributed by atoms with Crippen LogP contribution < -0.4 is 4.90 Å². The number of anilines is 1. The number of hydrogen-bond acceptors (Lipinski definition) is 4. The number of benzene rings is 2. The summed E-state index contributed by atoms with van der Waals surface area (Å²) in [5.41, 5.74) is 3.38. The van der Waals surface area contributed by atoms with E-state index in [0.29, 0.717) is 44.6 Å². The van der Waals surface area contributed by atoms with Crippen molar-refractivity contribution in [1.82, 2.24) is 9.80 Å². The third kappa shape index (κ3) is 3.38. The molecule has 2 aromatic rings. The maximum atomic E-state index is 12.9. The minimum Gasteiger partial charge on any atom is -0.380 e. The van der Waals surface area contributed by atoms with Crippen LogP contribution in [0.25, 0.3) is 0 Å². The van der Waals surface area contributed by atoms with E-state index < -0.39 is 5.60 Å². The topological polar surface area (TPSA) is 64.1 Å². The van der Waals surface area contributed by atoms with Crippen LogP contribution in [0.3, 0.4) is 0 Å². The number of nitrogens with zero attached hydrogens (tertiary/aromatic N) is 3. The summed E-state index contributed by atoms with van der Waals surface area (Å²) >= 11 is 0. The van der Waals surface area contributed by atoms with Crippen LogP contribution in [0.1, 0.15) is 34.3 Å². The van der Waals surface area contributed by atoms with Crippen LogP contribution in [0.4, 0.5) is 5.69 Å². The minimum atomic E-state index is -1.13. The predicted molar refractivity (Wildman–Crippen MR) is 109 cm³/mol. The standard InChI is InChI=1S/C23H25N3O3/c27-21(24-11-13-25(14-12-24)22(28)23(29)9-10-23)17-5-7-20(8-6-17)26-15-18-3-1-2-4-19(18)16-26/h1-8,29H,9-16H2. The number of amides is 2. The number of hydrogen-bond donors (Lipinski definition) is 1. The SMILES string of the molecule is O=C(c1ccc(N2Cc3ccccc3C2)cc1)N1CCN(C(=O)C2(O)CC2)CC1. The Labute approximate surface area is 170 Å². The third-order valence-corrected chi connectivity index (χ3v) is 6.30. The summed E-state index contributed by atoms with van der Waals surface area (Å²) in [7, 11) is 0. The van der Waals surface area contributed by atoms with E-state index in [2.05, 4.69) is 29.2 Å². The van der Waals surface area contributed by atoms with E-state index in [1.54, 1.807) is 9.80 Å². The van der Waals surface area contributed by atoms with E-state index in [9.17, 15) is 14.7 Å². The fraction of sp³-hybridized carbons (Fsp3) is 0.391. The van der Waals surface area contributed by atoms with Gasteiger partial charge in [-0.3, -0.25) is 9.59 Å². The second-order valence-corrected chi connectivity index (χ2v) is 8.29. The molecule has 0 bridgehead atoms. The summed E-state index contributed by atoms with van der Waals surface area (Å²) in [5.74, 6) is -0.181. The first-order valence-corrected chi connectivity index (χ1v) is 10.3. The number of rotatable bonds is 3. The monoisotopic (exact) mass is 391 g/mol. The summed E-state index contributed by atoms with van der Waals surface area (Å²) in [6, 6.07) is 16.3. The van der Waals surface area contributed by atoms with Crippen molar-refractivity contribution in [3.8, 4) is 0 Å².